The smallest absolute Gasteiger partial charge is 0.326 e. The van der Waals surface area contributed by atoms with Gasteiger partial charge in [0.15, 0.2) is 0 Å². The van der Waals surface area contributed by atoms with Crippen molar-refractivity contribution in [3.63, 3.8) is 0 Å². The van der Waals surface area contributed by atoms with E-state index >= 15 is 0 Å². The van der Waals surface area contributed by atoms with Crippen molar-refractivity contribution < 1.29 is 14.7 Å². The first-order chi connectivity index (χ1) is 9.72. The van der Waals surface area contributed by atoms with Crippen molar-refractivity contribution in [2.24, 2.45) is 5.92 Å². The van der Waals surface area contributed by atoms with Gasteiger partial charge in [0.1, 0.15) is 11.9 Å². The van der Waals surface area contributed by atoms with Crippen molar-refractivity contribution in [1.29, 1.82) is 0 Å². The third-order valence-electron chi connectivity index (χ3n) is 3.19. The molecular weight excluding hydrogens is 274 g/mol. The number of carboxylic acids is 1. The van der Waals surface area contributed by atoms with Crippen LogP contribution in [0.15, 0.2) is 4.79 Å². The van der Waals surface area contributed by atoms with E-state index in [2.05, 4.69) is 15.3 Å². The molecule has 1 heterocycles. The van der Waals surface area contributed by atoms with Crippen LogP contribution < -0.4 is 10.9 Å². The lowest BCUT2D eigenvalue weighted by Gasteiger charge is -2.17. The second kappa shape index (κ2) is 7.01. The van der Waals surface area contributed by atoms with Crippen molar-refractivity contribution in [1.82, 2.24) is 15.3 Å². The number of nitrogens with zero attached hydrogens (tertiary/aromatic N) is 1. The maximum absolute atomic E-state index is 11.8. The molecule has 0 aliphatic heterocycles. The van der Waals surface area contributed by atoms with Gasteiger partial charge in [-0.05, 0) is 26.2 Å². The fraction of sp³-hybridized carbons (Fsp3) is 0.571. The number of amides is 1. The van der Waals surface area contributed by atoms with Crippen LogP contribution in [0.3, 0.4) is 0 Å². The van der Waals surface area contributed by atoms with Gasteiger partial charge in [-0.25, -0.2) is 9.78 Å². The summed E-state index contributed by atoms with van der Waals surface area (Å²) in [6.45, 7) is 6.84. The monoisotopic (exact) mass is 295 g/mol. The topological polar surface area (TPSA) is 112 Å². The Hall–Kier alpha value is -2.18. The molecule has 0 aliphatic rings. The van der Waals surface area contributed by atoms with Crippen LogP contribution in [0.4, 0.5) is 0 Å². The summed E-state index contributed by atoms with van der Waals surface area (Å²) in [5.74, 6) is -1.14. The summed E-state index contributed by atoms with van der Waals surface area (Å²) in [6.07, 6.45) is 0.274. The Morgan fingerprint density at radius 3 is 2.43 bits per heavy atom. The van der Waals surface area contributed by atoms with Crippen LogP contribution in [0.25, 0.3) is 0 Å². The molecule has 0 radical (unpaired) electrons. The summed E-state index contributed by atoms with van der Waals surface area (Å²) in [6, 6.07) is -0.923. The molecule has 7 nitrogen and oxygen atoms in total. The van der Waals surface area contributed by atoms with E-state index < -0.39 is 17.9 Å². The molecule has 0 fully saturated rings. The predicted octanol–water partition coefficient (Wildman–Crippen LogP) is 0.545. The fourth-order valence-corrected chi connectivity index (χ4v) is 2.04. The van der Waals surface area contributed by atoms with Gasteiger partial charge in [-0.3, -0.25) is 9.59 Å². The zero-order chi connectivity index (χ0) is 16.2. The number of rotatable bonds is 6. The quantitative estimate of drug-likeness (QED) is 0.709. The highest BCUT2D eigenvalue weighted by atomic mass is 16.4. The zero-order valence-electron chi connectivity index (χ0n) is 12.7. The average Bonchev–Trinajstić information content (AvgIpc) is 2.33. The van der Waals surface area contributed by atoms with Gasteiger partial charge in [0.25, 0.3) is 5.56 Å². The van der Waals surface area contributed by atoms with E-state index in [-0.39, 0.29) is 24.3 Å². The highest BCUT2D eigenvalue weighted by Crippen LogP contribution is 2.05. The largest absolute Gasteiger partial charge is 0.480 e. The van der Waals surface area contributed by atoms with E-state index in [4.69, 9.17) is 5.11 Å². The fourth-order valence-electron chi connectivity index (χ4n) is 2.04. The lowest BCUT2D eigenvalue weighted by Crippen LogP contribution is -2.44. The summed E-state index contributed by atoms with van der Waals surface area (Å²) in [5.41, 5.74) is 0.779. The molecular formula is C14H21N3O4. The molecule has 0 aliphatic carbocycles. The number of aryl methyl sites for hydroxylation is 2. The van der Waals surface area contributed by atoms with E-state index in [0.29, 0.717) is 17.1 Å². The molecule has 116 valence electrons. The Morgan fingerprint density at radius 1 is 1.33 bits per heavy atom. The van der Waals surface area contributed by atoms with E-state index in [1.807, 2.05) is 0 Å². The van der Waals surface area contributed by atoms with Crippen LogP contribution in [-0.4, -0.2) is 33.0 Å². The van der Waals surface area contributed by atoms with Gasteiger partial charge in [-0.1, -0.05) is 13.8 Å². The number of hydrogen-bond donors (Lipinski definition) is 3. The molecule has 7 heteroatoms. The Kier molecular flexibility index (Phi) is 5.63. The van der Waals surface area contributed by atoms with Gasteiger partial charge in [-0.15, -0.1) is 0 Å². The molecule has 3 N–H and O–H groups in total. The zero-order valence-corrected chi connectivity index (χ0v) is 12.7. The molecule has 1 rings (SSSR count). The molecule has 1 atom stereocenters. The number of hydrogen-bond acceptors (Lipinski definition) is 4. The molecule has 21 heavy (non-hydrogen) atoms. The minimum atomic E-state index is -1.07. The maximum Gasteiger partial charge on any atom is 0.326 e. The van der Waals surface area contributed by atoms with Crippen molar-refractivity contribution in [3.05, 3.63) is 27.4 Å². The number of carbonyl (C=O) groups is 2. The lowest BCUT2D eigenvalue weighted by atomic mass is 10.0. The summed E-state index contributed by atoms with van der Waals surface area (Å²) >= 11 is 0. The highest BCUT2D eigenvalue weighted by molar-refractivity contribution is 5.83. The summed E-state index contributed by atoms with van der Waals surface area (Å²) in [7, 11) is 0. The van der Waals surface area contributed by atoms with Gasteiger partial charge in [0.2, 0.25) is 5.91 Å². The molecule has 1 aromatic rings. The van der Waals surface area contributed by atoms with Crippen LogP contribution in [0.5, 0.6) is 0 Å². The first kappa shape index (κ1) is 16.9. The minimum absolute atomic E-state index is 0.0468. The van der Waals surface area contributed by atoms with Gasteiger partial charge < -0.3 is 15.4 Å². The molecule has 0 bridgehead atoms. The maximum atomic E-state index is 11.8. The number of carbonyl (C=O) groups excluding carboxylic acids is 1. The van der Waals surface area contributed by atoms with Crippen molar-refractivity contribution >= 4 is 11.9 Å². The van der Waals surface area contributed by atoms with Crippen LogP contribution >= 0.6 is 0 Å². The Balaban J connectivity index is 2.70. The first-order valence-electron chi connectivity index (χ1n) is 6.81. The average molecular weight is 295 g/mol. The second-order valence-electron chi connectivity index (χ2n) is 5.34. The van der Waals surface area contributed by atoms with Gasteiger partial charge in [-0.2, -0.15) is 0 Å². The van der Waals surface area contributed by atoms with Crippen LogP contribution in [-0.2, 0) is 16.0 Å². The van der Waals surface area contributed by atoms with E-state index in [0.717, 1.165) is 0 Å². The number of carboxylic acid groups (broad SMARTS) is 1. The van der Waals surface area contributed by atoms with Gasteiger partial charge in [0.05, 0.1) is 0 Å². The lowest BCUT2D eigenvalue weighted by molar-refractivity contribution is -0.143. The number of nitrogens with one attached hydrogen (secondary N) is 2. The van der Waals surface area contributed by atoms with Gasteiger partial charge >= 0.3 is 5.97 Å². The number of aromatic amines is 1. The molecule has 0 spiro atoms. The third kappa shape index (κ3) is 4.70. The summed E-state index contributed by atoms with van der Waals surface area (Å²) < 4.78 is 0. The second-order valence-corrected chi connectivity index (χ2v) is 5.34. The van der Waals surface area contributed by atoms with Crippen molar-refractivity contribution in [3.8, 4) is 0 Å². The van der Waals surface area contributed by atoms with Crippen molar-refractivity contribution in [2.75, 3.05) is 0 Å². The van der Waals surface area contributed by atoms with Crippen LogP contribution in [0, 0.1) is 19.8 Å². The van der Waals surface area contributed by atoms with E-state index in [1.165, 1.54) is 0 Å². The summed E-state index contributed by atoms with van der Waals surface area (Å²) in [5, 5.41) is 11.5. The Labute approximate surface area is 122 Å². The standard InChI is InChI=1S/C14H21N3O4/c1-7(2)12(14(20)21)17-11(18)6-5-10-8(3)15-9(4)16-13(10)19/h7,12H,5-6H2,1-4H3,(H,17,18)(H,20,21)(H,15,16,19)/t12-/m0/s1. The number of aliphatic carboxylic acids is 1. The molecule has 0 saturated heterocycles. The third-order valence-corrected chi connectivity index (χ3v) is 3.19. The SMILES string of the molecule is Cc1nc(C)c(CCC(=O)N[C@H](C(=O)O)C(C)C)c(=O)[nH]1. The van der Waals surface area contributed by atoms with Crippen LogP contribution in [0.2, 0.25) is 0 Å². The van der Waals surface area contributed by atoms with Crippen molar-refractivity contribution in [2.45, 2.75) is 46.6 Å². The Bertz CT molecular complexity index is 592. The molecule has 0 aromatic carbocycles. The number of H-pyrrole nitrogens is 1. The molecule has 1 amide bonds. The molecule has 0 unspecified atom stereocenters. The van der Waals surface area contributed by atoms with E-state index in [9.17, 15) is 14.4 Å². The highest BCUT2D eigenvalue weighted by Gasteiger charge is 2.23. The molecule has 0 saturated carbocycles. The number of aromatic nitrogens is 2. The first-order valence-corrected chi connectivity index (χ1v) is 6.81. The minimum Gasteiger partial charge on any atom is -0.480 e. The van der Waals surface area contributed by atoms with E-state index in [1.54, 1.807) is 27.7 Å². The van der Waals surface area contributed by atoms with Gasteiger partial charge in [0, 0.05) is 17.7 Å². The summed E-state index contributed by atoms with van der Waals surface area (Å²) in [4.78, 5) is 41.4. The van der Waals surface area contributed by atoms with Crippen LogP contribution in [0.1, 0.15) is 37.4 Å². The Morgan fingerprint density at radius 2 is 1.95 bits per heavy atom. The predicted molar refractivity (Wildman–Crippen MR) is 77.1 cm³/mol. The molecule has 1 aromatic heterocycles. The normalized spacial score (nSPS) is 12.2.